The number of ether oxygens (including phenoxy) is 2. The molecule has 1 fully saturated rings. The fourth-order valence-corrected chi connectivity index (χ4v) is 5.99. The van der Waals surface area contributed by atoms with Crippen molar-refractivity contribution in [2.24, 2.45) is 0 Å². The minimum Gasteiger partial charge on any atom is -0.497 e. The lowest BCUT2D eigenvalue weighted by molar-refractivity contribution is -0.133. The van der Waals surface area contributed by atoms with Crippen molar-refractivity contribution in [1.82, 2.24) is 4.90 Å². The molecule has 0 N–H and O–H groups in total. The molecule has 7 nitrogen and oxygen atoms in total. The van der Waals surface area contributed by atoms with Crippen LogP contribution in [0.2, 0.25) is 0 Å². The van der Waals surface area contributed by atoms with Gasteiger partial charge in [0.05, 0.1) is 26.2 Å². The van der Waals surface area contributed by atoms with Crippen molar-refractivity contribution in [3.63, 3.8) is 0 Å². The molecule has 41 heavy (non-hydrogen) atoms. The Morgan fingerprint density at radius 3 is 1.90 bits per heavy atom. The third kappa shape index (κ3) is 4.99. The summed E-state index contributed by atoms with van der Waals surface area (Å²) in [6.07, 6.45) is 0. The molecular formula is C34H33N3O4. The second kappa shape index (κ2) is 11.4. The van der Waals surface area contributed by atoms with Crippen LogP contribution in [0.25, 0.3) is 0 Å². The summed E-state index contributed by atoms with van der Waals surface area (Å²) in [6, 6.07) is 32.4. The van der Waals surface area contributed by atoms with Gasteiger partial charge in [-0.2, -0.15) is 0 Å². The molecule has 0 saturated carbocycles. The van der Waals surface area contributed by atoms with E-state index < -0.39 is 12.0 Å². The van der Waals surface area contributed by atoms with Gasteiger partial charge in [-0.3, -0.25) is 14.5 Å². The van der Waals surface area contributed by atoms with Crippen LogP contribution in [0.5, 0.6) is 11.5 Å². The Labute approximate surface area is 240 Å². The summed E-state index contributed by atoms with van der Waals surface area (Å²) in [6.45, 7) is 2.72. The first-order valence-electron chi connectivity index (χ1n) is 13.9. The number of nitrogens with zero attached hydrogens (tertiary/aromatic N) is 3. The Morgan fingerprint density at radius 2 is 1.27 bits per heavy atom. The van der Waals surface area contributed by atoms with Crippen molar-refractivity contribution in [1.29, 1.82) is 0 Å². The molecule has 208 valence electrons. The normalized spacial score (nSPS) is 18.6. The van der Waals surface area contributed by atoms with Crippen LogP contribution in [0, 0.1) is 0 Å². The number of hydrogen-bond acceptors (Lipinski definition) is 5. The molecule has 0 spiro atoms. The van der Waals surface area contributed by atoms with Gasteiger partial charge < -0.3 is 19.3 Å². The van der Waals surface area contributed by atoms with Gasteiger partial charge in [-0.15, -0.1) is 0 Å². The number of rotatable bonds is 6. The largest absolute Gasteiger partial charge is 0.497 e. The average molecular weight is 548 g/mol. The summed E-state index contributed by atoms with van der Waals surface area (Å²) in [5.74, 6) is 0.722. The number of hydrogen-bond donors (Lipinski definition) is 0. The van der Waals surface area contributed by atoms with Gasteiger partial charge >= 0.3 is 0 Å². The van der Waals surface area contributed by atoms with Crippen LogP contribution in [-0.2, 0) is 4.79 Å². The molecule has 4 aromatic rings. The number of carbonyl (C=O) groups excluding carboxylic acids is 2. The Bertz CT molecular complexity index is 1510. The maximum absolute atomic E-state index is 14.6. The van der Waals surface area contributed by atoms with E-state index in [1.807, 2.05) is 95.9 Å². The monoisotopic (exact) mass is 547 g/mol. The highest BCUT2D eigenvalue weighted by atomic mass is 16.5. The lowest BCUT2D eigenvalue weighted by Crippen LogP contribution is -2.53. The van der Waals surface area contributed by atoms with Crippen molar-refractivity contribution in [2.75, 3.05) is 50.2 Å². The molecule has 2 aliphatic rings. The summed E-state index contributed by atoms with van der Waals surface area (Å²) < 4.78 is 10.8. The van der Waals surface area contributed by atoms with Crippen LogP contribution in [-0.4, -0.2) is 57.1 Å². The molecule has 0 aliphatic carbocycles. The van der Waals surface area contributed by atoms with E-state index in [-0.39, 0.29) is 11.8 Å². The fraction of sp³-hybridized carbons (Fsp3) is 0.235. The Balaban J connectivity index is 1.41. The maximum atomic E-state index is 14.6. The van der Waals surface area contributed by atoms with E-state index >= 15 is 0 Å². The van der Waals surface area contributed by atoms with Crippen LogP contribution >= 0.6 is 0 Å². The number of fused-ring (bicyclic) bond motifs is 1. The SMILES string of the molecule is COc1ccc([C@H]2[C@H](C(=O)N3CCN(c4ccccc4)CC3)c3ccccc3C(=O)N2c2ccc(OC)cc2)cc1. The molecule has 4 aromatic carbocycles. The van der Waals surface area contributed by atoms with Crippen molar-refractivity contribution < 1.29 is 19.1 Å². The van der Waals surface area contributed by atoms with Gasteiger partial charge in [-0.25, -0.2) is 0 Å². The van der Waals surface area contributed by atoms with E-state index in [2.05, 4.69) is 17.0 Å². The first kappa shape index (κ1) is 26.4. The van der Waals surface area contributed by atoms with Crippen LogP contribution in [0.15, 0.2) is 103 Å². The first-order chi connectivity index (χ1) is 20.1. The van der Waals surface area contributed by atoms with Gasteiger partial charge in [0.1, 0.15) is 11.5 Å². The fourth-order valence-electron chi connectivity index (χ4n) is 5.99. The van der Waals surface area contributed by atoms with Gasteiger partial charge in [0.25, 0.3) is 5.91 Å². The van der Waals surface area contributed by atoms with Crippen LogP contribution in [0.3, 0.4) is 0 Å². The van der Waals surface area contributed by atoms with Gasteiger partial charge in [0, 0.05) is 43.1 Å². The number of piperazine rings is 1. The zero-order valence-corrected chi connectivity index (χ0v) is 23.3. The summed E-state index contributed by atoms with van der Waals surface area (Å²) >= 11 is 0. The number of amides is 2. The van der Waals surface area contributed by atoms with Crippen molar-refractivity contribution >= 4 is 23.2 Å². The van der Waals surface area contributed by atoms with Crippen LogP contribution < -0.4 is 19.3 Å². The van der Waals surface area contributed by atoms with Gasteiger partial charge in [0.15, 0.2) is 0 Å². The second-order valence-corrected chi connectivity index (χ2v) is 10.3. The van der Waals surface area contributed by atoms with Crippen LogP contribution in [0.4, 0.5) is 11.4 Å². The smallest absolute Gasteiger partial charge is 0.259 e. The van der Waals surface area contributed by atoms with Gasteiger partial charge in [-0.05, 0) is 65.7 Å². The number of anilines is 2. The topological polar surface area (TPSA) is 62.3 Å². The first-order valence-corrected chi connectivity index (χ1v) is 13.9. The van der Waals surface area contributed by atoms with Gasteiger partial charge in [0.2, 0.25) is 5.91 Å². The van der Waals surface area contributed by atoms with E-state index in [0.29, 0.717) is 35.8 Å². The van der Waals surface area contributed by atoms with Crippen LogP contribution in [0.1, 0.15) is 33.4 Å². The predicted octanol–water partition coefficient (Wildman–Crippen LogP) is 5.54. The maximum Gasteiger partial charge on any atom is 0.259 e. The zero-order valence-electron chi connectivity index (χ0n) is 23.3. The highest BCUT2D eigenvalue weighted by Gasteiger charge is 2.46. The number of methoxy groups -OCH3 is 2. The summed E-state index contributed by atoms with van der Waals surface area (Å²) in [4.78, 5) is 34.8. The van der Waals surface area contributed by atoms with Crippen molar-refractivity contribution in [3.8, 4) is 11.5 Å². The van der Waals surface area contributed by atoms with Crippen molar-refractivity contribution in [3.05, 3.63) is 120 Å². The quantitative estimate of drug-likeness (QED) is 0.317. The van der Waals surface area contributed by atoms with E-state index in [4.69, 9.17) is 9.47 Å². The summed E-state index contributed by atoms with van der Waals surface area (Å²) in [5.41, 5.74) is 4.05. The summed E-state index contributed by atoms with van der Waals surface area (Å²) in [5, 5.41) is 0. The summed E-state index contributed by atoms with van der Waals surface area (Å²) in [7, 11) is 3.24. The molecule has 7 heteroatoms. The molecule has 0 aromatic heterocycles. The van der Waals surface area contributed by atoms with E-state index in [1.165, 1.54) is 0 Å². The molecule has 6 rings (SSSR count). The standard InChI is InChI=1S/C34H33N3O4/c1-40-27-16-12-24(13-17-27)32-31(34(39)36-22-20-35(21-23-36)25-8-4-3-5-9-25)29-10-6-7-11-30(29)33(38)37(32)26-14-18-28(41-2)19-15-26/h3-19,31-32H,20-23H2,1-2H3/t31-,32+/m1/s1. The predicted molar refractivity (Wildman–Crippen MR) is 160 cm³/mol. The Kier molecular flexibility index (Phi) is 7.33. The molecule has 2 amide bonds. The van der Waals surface area contributed by atoms with E-state index in [0.717, 1.165) is 29.9 Å². The highest BCUT2D eigenvalue weighted by Crippen LogP contribution is 2.46. The molecular weight excluding hydrogens is 514 g/mol. The van der Waals surface area contributed by atoms with E-state index in [1.54, 1.807) is 19.1 Å². The number of benzene rings is 4. The molecule has 0 radical (unpaired) electrons. The average Bonchev–Trinajstić information content (AvgIpc) is 3.05. The molecule has 0 unspecified atom stereocenters. The highest BCUT2D eigenvalue weighted by molar-refractivity contribution is 6.11. The zero-order chi connectivity index (χ0) is 28.3. The lowest BCUT2D eigenvalue weighted by atomic mass is 9.78. The van der Waals surface area contributed by atoms with E-state index in [9.17, 15) is 9.59 Å². The minimum atomic E-state index is -0.581. The molecule has 1 saturated heterocycles. The Hall–Kier alpha value is -4.78. The number of carbonyl (C=O) groups is 2. The minimum absolute atomic E-state index is 0.0250. The molecule has 2 heterocycles. The second-order valence-electron chi connectivity index (χ2n) is 10.3. The van der Waals surface area contributed by atoms with Crippen molar-refractivity contribution in [2.45, 2.75) is 12.0 Å². The molecule has 2 aliphatic heterocycles. The molecule has 0 bridgehead atoms. The third-order valence-corrected chi connectivity index (χ3v) is 8.13. The number of para-hydroxylation sites is 1. The molecule has 2 atom stereocenters. The third-order valence-electron chi connectivity index (χ3n) is 8.13. The van der Waals surface area contributed by atoms with Gasteiger partial charge in [-0.1, -0.05) is 48.5 Å². The Morgan fingerprint density at radius 1 is 0.683 bits per heavy atom. The lowest BCUT2D eigenvalue weighted by Gasteiger charge is -2.44.